The Bertz CT molecular complexity index is 1580. The fourth-order valence-corrected chi connectivity index (χ4v) is 4.87. The van der Waals surface area contributed by atoms with Crippen molar-refractivity contribution in [1.29, 1.82) is 0 Å². The predicted octanol–water partition coefficient (Wildman–Crippen LogP) is 0.949. The number of aromatic nitrogens is 2. The number of H-pyrrole nitrogens is 2. The van der Waals surface area contributed by atoms with Crippen molar-refractivity contribution in [3.8, 4) is 0 Å². The Kier molecular flexibility index (Phi) is 9.60. The van der Waals surface area contributed by atoms with Crippen molar-refractivity contribution >= 4 is 45.5 Å². The number of carboxylic acid groups (broad SMARTS) is 1. The molecule has 0 saturated carbocycles. The third kappa shape index (κ3) is 6.96. The summed E-state index contributed by atoms with van der Waals surface area (Å²) in [4.78, 5) is 57.3. The molecule has 2 heterocycles. The second kappa shape index (κ2) is 13.3. The van der Waals surface area contributed by atoms with Gasteiger partial charge < -0.3 is 41.9 Å². The van der Waals surface area contributed by atoms with Crippen molar-refractivity contribution in [2.24, 2.45) is 11.7 Å². The molecule has 3 amide bonds. The first-order valence-electron chi connectivity index (χ1n) is 13.7. The smallest absolute Gasteiger partial charge is 0.326 e. The van der Waals surface area contributed by atoms with E-state index >= 15 is 0 Å². The number of carboxylic acids is 1. The molecular formula is C30H36N6O6. The van der Waals surface area contributed by atoms with Crippen molar-refractivity contribution in [3.63, 3.8) is 0 Å². The SMILES string of the molecule is CC(C)C(NC(=O)C(CO)NC(=O)C(N)Cc1c[nH]c2ccccc12)C(=O)NC(Cc1c[nH]c2ccccc12)C(=O)O. The number of para-hydroxylation sites is 2. The van der Waals surface area contributed by atoms with Crippen molar-refractivity contribution in [2.45, 2.75) is 50.9 Å². The van der Waals surface area contributed by atoms with Crippen LogP contribution in [0.15, 0.2) is 60.9 Å². The fraction of sp³-hybridized carbons (Fsp3) is 0.333. The number of aromatic amines is 2. The molecule has 42 heavy (non-hydrogen) atoms. The molecule has 4 aromatic rings. The zero-order valence-electron chi connectivity index (χ0n) is 23.4. The average Bonchev–Trinajstić information content (AvgIpc) is 3.57. The van der Waals surface area contributed by atoms with Crippen molar-refractivity contribution in [2.75, 3.05) is 6.61 Å². The molecule has 0 saturated heterocycles. The second-order valence-electron chi connectivity index (χ2n) is 10.6. The summed E-state index contributed by atoms with van der Waals surface area (Å²) in [7, 11) is 0. The molecule has 4 atom stereocenters. The Balaban J connectivity index is 1.38. The van der Waals surface area contributed by atoms with Crippen molar-refractivity contribution in [3.05, 3.63) is 72.1 Å². The Hall–Kier alpha value is -4.68. The van der Waals surface area contributed by atoms with Crippen LogP contribution in [0.5, 0.6) is 0 Å². The fourth-order valence-electron chi connectivity index (χ4n) is 4.87. The Morgan fingerprint density at radius 3 is 1.81 bits per heavy atom. The third-order valence-electron chi connectivity index (χ3n) is 7.23. The number of nitrogens with one attached hydrogen (secondary N) is 5. The van der Waals surface area contributed by atoms with Crippen LogP contribution in [0.3, 0.4) is 0 Å². The van der Waals surface area contributed by atoms with Crippen molar-refractivity contribution in [1.82, 2.24) is 25.9 Å². The monoisotopic (exact) mass is 576 g/mol. The quantitative estimate of drug-likeness (QED) is 0.116. The highest BCUT2D eigenvalue weighted by Crippen LogP contribution is 2.20. The van der Waals surface area contributed by atoms with E-state index in [2.05, 4.69) is 25.9 Å². The molecule has 222 valence electrons. The van der Waals surface area contributed by atoms with Gasteiger partial charge >= 0.3 is 5.97 Å². The van der Waals surface area contributed by atoms with E-state index in [1.165, 1.54) is 0 Å². The van der Waals surface area contributed by atoms with Gasteiger partial charge in [-0.25, -0.2) is 4.79 Å². The third-order valence-corrected chi connectivity index (χ3v) is 7.23. The molecule has 12 nitrogen and oxygen atoms in total. The molecule has 0 bridgehead atoms. The molecule has 0 aliphatic carbocycles. The number of carbonyl (C=O) groups is 4. The van der Waals surface area contributed by atoms with E-state index in [9.17, 15) is 29.4 Å². The van der Waals surface area contributed by atoms with Gasteiger partial charge in [-0.05, 0) is 35.6 Å². The van der Waals surface area contributed by atoms with Gasteiger partial charge in [-0.2, -0.15) is 0 Å². The molecular weight excluding hydrogens is 540 g/mol. The molecule has 4 rings (SSSR count). The molecule has 12 heteroatoms. The minimum atomic E-state index is -1.37. The largest absolute Gasteiger partial charge is 0.480 e. The zero-order valence-corrected chi connectivity index (χ0v) is 23.4. The van der Waals surface area contributed by atoms with Crippen LogP contribution in [0.1, 0.15) is 25.0 Å². The summed E-state index contributed by atoms with van der Waals surface area (Å²) < 4.78 is 0. The summed E-state index contributed by atoms with van der Waals surface area (Å²) in [6.07, 6.45) is 3.68. The molecule has 0 fully saturated rings. The van der Waals surface area contributed by atoms with Crippen molar-refractivity contribution < 1.29 is 29.4 Å². The van der Waals surface area contributed by atoms with Crippen LogP contribution < -0.4 is 21.7 Å². The number of amides is 3. The minimum Gasteiger partial charge on any atom is -0.480 e. The van der Waals surface area contributed by atoms with Crippen LogP contribution in [-0.2, 0) is 32.0 Å². The van der Waals surface area contributed by atoms with Crippen LogP contribution in [-0.4, -0.2) is 74.6 Å². The number of nitrogens with two attached hydrogens (primary N) is 1. The number of aliphatic hydroxyl groups is 1. The maximum atomic E-state index is 13.2. The summed E-state index contributed by atoms with van der Waals surface area (Å²) in [5.74, 6) is -3.82. The molecule has 0 radical (unpaired) electrons. The second-order valence-corrected chi connectivity index (χ2v) is 10.6. The Labute approximate surface area is 242 Å². The van der Waals surface area contributed by atoms with Gasteiger partial charge in [0.25, 0.3) is 0 Å². The van der Waals surface area contributed by atoms with Crippen LogP contribution >= 0.6 is 0 Å². The van der Waals surface area contributed by atoms with E-state index in [0.717, 1.165) is 32.9 Å². The number of carbonyl (C=O) groups excluding carboxylic acids is 3. The normalized spacial score (nSPS) is 14.3. The number of rotatable bonds is 13. The summed E-state index contributed by atoms with van der Waals surface area (Å²) in [6, 6.07) is 10.2. The van der Waals surface area contributed by atoms with Crippen LogP contribution in [0.2, 0.25) is 0 Å². The summed E-state index contributed by atoms with van der Waals surface area (Å²) in [6.45, 7) is 2.63. The number of aliphatic hydroxyl groups excluding tert-OH is 1. The average molecular weight is 577 g/mol. The number of hydrogen-bond donors (Lipinski definition) is 8. The first kappa shape index (κ1) is 30.3. The van der Waals surface area contributed by atoms with Crippen LogP contribution in [0.25, 0.3) is 21.8 Å². The lowest BCUT2D eigenvalue weighted by Crippen LogP contribution is -2.59. The lowest BCUT2D eigenvalue weighted by atomic mass is 10.0. The molecule has 0 aliphatic heterocycles. The maximum Gasteiger partial charge on any atom is 0.326 e. The summed E-state index contributed by atoms with van der Waals surface area (Å²) in [5, 5.41) is 29.0. The molecule has 0 spiro atoms. The van der Waals surface area contributed by atoms with Gasteiger partial charge in [-0.15, -0.1) is 0 Å². The number of benzene rings is 2. The van der Waals surface area contributed by atoms with Gasteiger partial charge in [-0.3, -0.25) is 14.4 Å². The van der Waals surface area contributed by atoms with Crippen LogP contribution in [0.4, 0.5) is 0 Å². The highest BCUT2D eigenvalue weighted by molar-refractivity contribution is 5.95. The predicted molar refractivity (Wildman–Crippen MR) is 157 cm³/mol. The van der Waals surface area contributed by atoms with E-state index in [1.807, 2.05) is 48.5 Å². The maximum absolute atomic E-state index is 13.2. The van der Waals surface area contributed by atoms with Gasteiger partial charge in [0.2, 0.25) is 17.7 Å². The first-order valence-corrected chi connectivity index (χ1v) is 13.7. The van der Waals surface area contributed by atoms with Gasteiger partial charge in [0, 0.05) is 40.6 Å². The van der Waals surface area contributed by atoms with Gasteiger partial charge in [0.1, 0.15) is 18.1 Å². The number of aliphatic carboxylic acids is 1. The molecule has 4 unspecified atom stereocenters. The number of fused-ring (bicyclic) bond motifs is 2. The van der Waals surface area contributed by atoms with Crippen LogP contribution in [0, 0.1) is 5.92 Å². The van der Waals surface area contributed by atoms with E-state index in [-0.39, 0.29) is 12.8 Å². The highest BCUT2D eigenvalue weighted by Gasteiger charge is 2.32. The zero-order chi connectivity index (χ0) is 30.4. The van der Waals surface area contributed by atoms with E-state index in [1.54, 1.807) is 26.2 Å². The highest BCUT2D eigenvalue weighted by atomic mass is 16.4. The Morgan fingerprint density at radius 2 is 1.29 bits per heavy atom. The summed E-state index contributed by atoms with van der Waals surface area (Å²) in [5.41, 5.74) is 9.40. The van der Waals surface area contributed by atoms with Gasteiger partial charge in [-0.1, -0.05) is 50.2 Å². The van der Waals surface area contributed by atoms with Gasteiger partial charge in [0.05, 0.1) is 12.6 Å². The standard InChI is InChI=1S/C30H36N6O6/c1-16(2)26(29(40)34-24(30(41)42)12-18-14-33-23-10-6-4-8-20(18)23)36-28(39)25(15-37)35-27(38)21(31)11-17-13-32-22-9-5-3-7-19(17)22/h3-10,13-14,16,21,24-26,32-33,37H,11-12,15,31H2,1-2H3,(H,34,40)(H,35,38)(H,36,39)(H,41,42). The van der Waals surface area contributed by atoms with E-state index in [4.69, 9.17) is 5.73 Å². The van der Waals surface area contributed by atoms with Gasteiger partial charge in [0.15, 0.2) is 0 Å². The number of hydrogen-bond acceptors (Lipinski definition) is 6. The van der Waals surface area contributed by atoms with E-state index < -0.39 is 60.4 Å². The first-order chi connectivity index (χ1) is 20.1. The molecule has 9 N–H and O–H groups in total. The van der Waals surface area contributed by atoms with E-state index in [0.29, 0.717) is 0 Å². The lowest BCUT2D eigenvalue weighted by Gasteiger charge is -2.26. The topological polar surface area (TPSA) is 202 Å². The summed E-state index contributed by atoms with van der Waals surface area (Å²) >= 11 is 0. The Morgan fingerprint density at radius 1 is 0.762 bits per heavy atom. The molecule has 2 aromatic carbocycles. The molecule has 0 aliphatic rings. The molecule has 2 aromatic heterocycles. The lowest BCUT2D eigenvalue weighted by molar-refractivity contribution is -0.142. The minimum absolute atomic E-state index is 0.0213.